The van der Waals surface area contributed by atoms with E-state index in [-0.39, 0.29) is 60.2 Å². The van der Waals surface area contributed by atoms with Crippen molar-refractivity contribution >= 4 is 34.9 Å². The minimum absolute atomic E-state index is 0.0261. The van der Waals surface area contributed by atoms with E-state index < -0.39 is 23.6 Å². The highest BCUT2D eigenvalue weighted by molar-refractivity contribution is 6.34. The number of halogens is 4. The maximum absolute atomic E-state index is 13.5. The van der Waals surface area contributed by atoms with Crippen LogP contribution >= 0.6 is 11.6 Å². The highest BCUT2D eigenvalue weighted by atomic mass is 35.5. The number of alkyl halides is 2. The van der Waals surface area contributed by atoms with Crippen LogP contribution < -0.4 is 10.6 Å². The topological polar surface area (TPSA) is 107 Å². The monoisotopic (exact) mass is 547 g/mol. The summed E-state index contributed by atoms with van der Waals surface area (Å²) < 4.78 is 40.3. The maximum Gasteiger partial charge on any atom is 0.276 e. The lowest BCUT2D eigenvalue weighted by Gasteiger charge is -2.32. The molecule has 0 aliphatic carbocycles. The number of nitrogens with one attached hydrogen (secondary N) is 3. The van der Waals surface area contributed by atoms with Gasteiger partial charge in [0, 0.05) is 37.2 Å². The molecule has 0 spiro atoms. The van der Waals surface area contributed by atoms with Gasteiger partial charge in [-0.15, -0.1) is 0 Å². The van der Waals surface area contributed by atoms with Crippen LogP contribution in [0.2, 0.25) is 5.02 Å². The molecular weight excluding hydrogens is 523 g/mol. The minimum atomic E-state index is -2.72. The van der Waals surface area contributed by atoms with Crippen LogP contribution in [0.15, 0.2) is 48.8 Å². The van der Waals surface area contributed by atoms with Gasteiger partial charge in [-0.05, 0) is 48.9 Å². The van der Waals surface area contributed by atoms with E-state index in [1.54, 1.807) is 29.2 Å². The summed E-state index contributed by atoms with van der Waals surface area (Å²) in [5.41, 5.74) is 1.09. The zero-order chi connectivity index (χ0) is 27.3. The first kappa shape index (κ1) is 27.3. The van der Waals surface area contributed by atoms with Gasteiger partial charge in [-0.2, -0.15) is 0 Å². The Morgan fingerprint density at radius 3 is 2.58 bits per heavy atom. The molecule has 0 atom stereocenters. The molecule has 3 N–H and O–H groups in total. The highest BCUT2D eigenvalue weighted by Gasteiger charge is 2.34. The maximum atomic E-state index is 13.5. The van der Waals surface area contributed by atoms with Crippen LogP contribution in [-0.2, 0) is 6.42 Å². The van der Waals surface area contributed by atoms with Crippen molar-refractivity contribution < 1.29 is 27.6 Å². The Morgan fingerprint density at radius 2 is 1.87 bits per heavy atom. The molecule has 1 aromatic heterocycles. The van der Waals surface area contributed by atoms with Crippen LogP contribution in [0.4, 0.5) is 18.9 Å². The molecule has 1 aliphatic rings. The van der Waals surface area contributed by atoms with Gasteiger partial charge in [0.2, 0.25) is 0 Å². The molecular formula is C26H25ClF3N5O3. The van der Waals surface area contributed by atoms with E-state index >= 15 is 0 Å². The number of anilines is 1. The van der Waals surface area contributed by atoms with E-state index in [9.17, 15) is 27.6 Å². The van der Waals surface area contributed by atoms with Crippen molar-refractivity contribution in [2.75, 3.05) is 31.5 Å². The molecule has 2 amide bonds. The number of Topliss-reactive ketones (excluding diaryl/α,β-unsaturated/α-hetero) is 1. The Bertz CT molecular complexity index is 1330. The molecule has 12 heteroatoms. The fourth-order valence-corrected chi connectivity index (χ4v) is 4.46. The number of hydrogen-bond donors (Lipinski definition) is 3. The number of aromatic nitrogens is 2. The SMILES string of the molecule is O=C(Cc1ccc(NC(=O)c2nc[nH]c2C(=O)NCCN2CCCC(F)(F)C2)cc1)c1ccc(F)cc1Cl. The number of carbonyl (C=O) groups is 3. The second kappa shape index (κ2) is 11.8. The van der Waals surface area contributed by atoms with Crippen molar-refractivity contribution in [3.63, 3.8) is 0 Å². The number of hydrogen-bond acceptors (Lipinski definition) is 5. The number of ketones is 1. The van der Waals surface area contributed by atoms with Gasteiger partial charge in [0.1, 0.15) is 11.5 Å². The van der Waals surface area contributed by atoms with Crippen LogP contribution in [0.1, 0.15) is 49.7 Å². The summed E-state index contributed by atoms with van der Waals surface area (Å²) in [7, 11) is 0. The van der Waals surface area contributed by atoms with Gasteiger partial charge in [-0.25, -0.2) is 18.2 Å². The van der Waals surface area contributed by atoms with Crippen LogP contribution in [0.3, 0.4) is 0 Å². The number of imidazole rings is 1. The van der Waals surface area contributed by atoms with E-state index in [4.69, 9.17) is 11.6 Å². The zero-order valence-corrected chi connectivity index (χ0v) is 21.0. The largest absolute Gasteiger partial charge is 0.349 e. The number of H-pyrrole nitrogens is 1. The smallest absolute Gasteiger partial charge is 0.276 e. The van der Waals surface area contributed by atoms with Gasteiger partial charge >= 0.3 is 0 Å². The zero-order valence-electron chi connectivity index (χ0n) is 20.2. The third-order valence-electron chi connectivity index (χ3n) is 6.07. The lowest BCUT2D eigenvalue weighted by molar-refractivity contribution is -0.0632. The number of benzene rings is 2. The second-order valence-electron chi connectivity index (χ2n) is 8.99. The summed E-state index contributed by atoms with van der Waals surface area (Å²) in [6.45, 7) is 0.598. The van der Waals surface area contributed by atoms with Gasteiger partial charge in [-0.1, -0.05) is 23.7 Å². The first-order chi connectivity index (χ1) is 18.1. The van der Waals surface area contributed by atoms with Gasteiger partial charge in [-0.3, -0.25) is 19.3 Å². The number of amides is 2. The average Bonchev–Trinajstić information content (AvgIpc) is 3.35. The predicted molar refractivity (Wildman–Crippen MR) is 135 cm³/mol. The number of nitrogens with zero attached hydrogens (tertiary/aromatic N) is 2. The first-order valence-corrected chi connectivity index (χ1v) is 12.3. The molecule has 200 valence electrons. The minimum Gasteiger partial charge on any atom is -0.349 e. The Morgan fingerprint density at radius 1 is 1.11 bits per heavy atom. The highest BCUT2D eigenvalue weighted by Crippen LogP contribution is 2.26. The third kappa shape index (κ3) is 6.99. The van der Waals surface area contributed by atoms with Gasteiger partial charge in [0.05, 0.1) is 17.9 Å². The van der Waals surface area contributed by atoms with Crippen molar-refractivity contribution in [2.45, 2.75) is 25.2 Å². The molecule has 0 unspecified atom stereocenters. The van der Waals surface area contributed by atoms with E-state index in [0.29, 0.717) is 24.2 Å². The number of likely N-dealkylation sites (tertiary alicyclic amines) is 1. The Labute approximate surface area is 221 Å². The summed E-state index contributed by atoms with van der Waals surface area (Å²) in [4.78, 5) is 46.0. The van der Waals surface area contributed by atoms with Gasteiger partial charge in [0.15, 0.2) is 11.5 Å². The Balaban J connectivity index is 1.30. The molecule has 1 fully saturated rings. The molecule has 1 saturated heterocycles. The fraction of sp³-hybridized carbons (Fsp3) is 0.308. The molecule has 0 saturated carbocycles. The summed E-state index contributed by atoms with van der Waals surface area (Å²) >= 11 is 5.96. The van der Waals surface area contributed by atoms with Crippen molar-refractivity contribution in [3.05, 3.63) is 82.1 Å². The molecule has 3 aromatic rings. The standard InChI is InChI=1S/C26H25ClF3N5O3/c27-20-13-17(28)4-7-19(20)21(36)12-16-2-5-18(6-3-16)34-25(38)23-22(32-15-33-23)24(37)31-9-11-35-10-1-8-26(29,30)14-35/h2-7,13,15H,1,8-12,14H2,(H,31,37)(H,32,33)(H,34,38). The lowest BCUT2D eigenvalue weighted by Crippen LogP contribution is -2.45. The van der Waals surface area contributed by atoms with Crippen LogP contribution in [-0.4, -0.2) is 64.6 Å². The van der Waals surface area contributed by atoms with Crippen LogP contribution in [0.5, 0.6) is 0 Å². The van der Waals surface area contributed by atoms with Crippen molar-refractivity contribution in [3.8, 4) is 0 Å². The molecule has 1 aliphatic heterocycles. The summed E-state index contributed by atoms with van der Waals surface area (Å²) in [6.07, 6.45) is 1.50. The number of piperidine rings is 1. The normalized spacial score (nSPS) is 15.2. The molecule has 2 heterocycles. The third-order valence-corrected chi connectivity index (χ3v) is 6.39. The summed E-state index contributed by atoms with van der Waals surface area (Å²) in [6, 6.07) is 10.0. The predicted octanol–water partition coefficient (Wildman–Crippen LogP) is 4.34. The quantitative estimate of drug-likeness (QED) is 0.346. The van der Waals surface area contributed by atoms with Crippen molar-refractivity contribution in [1.29, 1.82) is 0 Å². The summed E-state index contributed by atoms with van der Waals surface area (Å²) in [5.74, 6) is -4.75. The Kier molecular flexibility index (Phi) is 8.48. The number of rotatable bonds is 9. The number of aromatic amines is 1. The van der Waals surface area contributed by atoms with Crippen LogP contribution in [0, 0.1) is 5.82 Å². The fourth-order valence-electron chi connectivity index (χ4n) is 4.19. The molecule has 8 nitrogen and oxygen atoms in total. The molecule has 38 heavy (non-hydrogen) atoms. The summed E-state index contributed by atoms with van der Waals surface area (Å²) in [5, 5.41) is 5.30. The number of carbonyl (C=O) groups excluding carboxylic acids is 3. The van der Waals surface area contributed by atoms with Gasteiger partial charge in [0.25, 0.3) is 17.7 Å². The van der Waals surface area contributed by atoms with E-state index in [0.717, 1.165) is 12.1 Å². The molecule has 0 bridgehead atoms. The Hall–Kier alpha value is -3.70. The van der Waals surface area contributed by atoms with E-state index in [1.807, 2.05) is 0 Å². The van der Waals surface area contributed by atoms with Crippen LogP contribution in [0.25, 0.3) is 0 Å². The molecule has 4 rings (SSSR count). The molecule has 2 aromatic carbocycles. The van der Waals surface area contributed by atoms with Crippen molar-refractivity contribution in [2.24, 2.45) is 0 Å². The average molecular weight is 548 g/mol. The lowest BCUT2D eigenvalue weighted by atomic mass is 10.0. The van der Waals surface area contributed by atoms with E-state index in [1.165, 1.54) is 12.4 Å². The second-order valence-corrected chi connectivity index (χ2v) is 9.40. The molecule has 0 radical (unpaired) electrons. The van der Waals surface area contributed by atoms with Gasteiger partial charge < -0.3 is 15.6 Å². The first-order valence-electron chi connectivity index (χ1n) is 11.9. The van der Waals surface area contributed by atoms with Crippen molar-refractivity contribution in [1.82, 2.24) is 20.2 Å². The van der Waals surface area contributed by atoms with E-state index in [2.05, 4.69) is 20.6 Å².